The smallest absolute Gasteiger partial charge is 0.289 e. The van der Waals surface area contributed by atoms with Crippen LogP contribution in [0, 0.1) is 22.9 Å². The first-order valence-electron chi connectivity index (χ1n) is 10.7. The number of halogens is 1. The Morgan fingerprint density at radius 2 is 1.74 bits per heavy atom. The molecule has 178 valence electrons. The van der Waals surface area contributed by atoms with Crippen LogP contribution < -0.4 is 14.5 Å². The summed E-state index contributed by atoms with van der Waals surface area (Å²) < 4.78 is 41.4. The Kier molecular flexibility index (Phi) is 6.75. The first kappa shape index (κ1) is 23.6. The van der Waals surface area contributed by atoms with Crippen molar-refractivity contribution in [2.75, 3.05) is 36.0 Å². The van der Waals surface area contributed by atoms with Gasteiger partial charge in [-0.2, -0.15) is 0 Å². The molecule has 11 heteroatoms. The highest BCUT2D eigenvalue weighted by Gasteiger charge is 2.27. The molecule has 4 rings (SSSR count). The summed E-state index contributed by atoms with van der Waals surface area (Å²) in [6.45, 7) is 4.38. The van der Waals surface area contributed by atoms with Gasteiger partial charge in [-0.25, -0.2) is 22.5 Å². The van der Waals surface area contributed by atoms with Crippen molar-refractivity contribution >= 4 is 27.2 Å². The molecule has 0 unspecified atom stereocenters. The monoisotopic (exact) mass is 485 g/mol. The zero-order valence-corrected chi connectivity index (χ0v) is 19.3. The predicted molar refractivity (Wildman–Crippen MR) is 127 cm³/mol. The molecule has 9 nitrogen and oxygen atoms in total. The molecule has 0 spiro atoms. The second kappa shape index (κ2) is 9.74. The van der Waals surface area contributed by atoms with Gasteiger partial charge in [0, 0.05) is 50.7 Å². The number of hydrogen-bond acceptors (Lipinski definition) is 7. The molecule has 1 fully saturated rings. The van der Waals surface area contributed by atoms with Crippen LogP contribution in [0.3, 0.4) is 0 Å². The Bertz CT molecular complexity index is 1290. The minimum atomic E-state index is -4.10. The molecule has 0 amide bonds. The molecule has 3 aromatic rings. The molecule has 1 aliphatic heterocycles. The summed E-state index contributed by atoms with van der Waals surface area (Å²) >= 11 is 0. The fourth-order valence-corrected chi connectivity index (χ4v) is 5.38. The van der Waals surface area contributed by atoms with Crippen molar-refractivity contribution < 1.29 is 17.7 Å². The van der Waals surface area contributed by atoms with Crippen molar-refractivity contribution in [3.05, 3.63) is 87.9 Å². The van der Waals surface area contributed by atoms with Gasteiger partial charge in [-0.3, -0.25) is 10.1 Å². The Morgan fingerprint density at radius 1 is 1.06 bits per heavy atom. The fourth-order valence-electron chi connectivity index (χ4n) is 3.97. The zero-order valence-electron chi connectivity index (χ0n) is 18.5. The summed E-state index contributed by atoms with van der Waals surface area (Å²) in [7, 11) is -4.10. The first-order valence-corrected chi connectivity index (χ1v) is 12.2. The van der Waals surface area contributed by atoms with Crippen LogP contribution in [0.2, 0.25) is 0 Å². The maximum Gasteiger partial charge on any atom is 0.289 e. The second-order valence-corrected chi connectivity index (χ2v) is 9.68. The number of pyridine rings is 1. The highest BCUT2D eigenvalue weighted by Crippen LogP contribution is 2.27. The number of nitrogens with zero attached hydrogens (tertiary/aromatic N) is 4. The van der Waals surface area contributed by atoms with E-state index in [4.69, 9.17) is 0 Å². The van der Waals surface area contributed by atoms with Crippen LogP contribution in [0.1, 0.15) is 11.1 Å². The minimum Gasteiger partial charge on any atom is -0.368 e. The zero-order chi connectivity index (χ0) is 24.3. The number of rotatable bonds is 7. The molecule has 0 atom stereocenters. The van der Waals surface area contributed by atoms with E-state index in [1.165, 1.54) is 37.3 Å². The number of hydrogen-bond donors (Lipinski definition) is 1. The number of nitro benzene ring substituents is 1. The van der Waals surface area contributed by atoms with Gasteiger partial charge in [0.05, 0.1) is 4.92 Å². The maximum absolute atomic E-state index is 13.2. The van der Waals surface area contributed by atoms with Gasteiger partial charge in [0.1, 0.15) is 11.6 Å². The normalized spacial score (nSPS) is 14.3. The Labute approximate surface area is 197 Å². The van der Waals surface area contributed by atoms with Crippen LogP contribution >= 0.6 is 0 Å². The van der Waals surface area contributed by atoms with Crippen LogP contribution in [0.25, 0.3) is 0 Å². The first-order chi connectivity index (χ1) is 16.2. The molecule has 0 aliphatic carbocycles. The largest absolute Gasteiger partial charge is 0.368 e. The molecule has 0 saturated carbocycles. The lowest BCUT2D eigenvalue weighted by molar-refractivity contribution is -0.387. The molecular weight excluding hydrogens is 461 g/mol. The number of aromatic nitrogens is 1. The minimum absolute atomic E-state index is 0.0289. The third-order valence-electron chi connectivity index (χ3n) is 5.73. The van der Waals surface area contributed by atoms with Crippen LogP contribution in [0.5, 0.6) is 0 Å². The second-order valence-electron chi connectivity index (χ2n) is 7.98. The van der Waals surface area contributed by atoms with Gasteiger partial charge in [0.2, 0.25) is 10.0 Å². The topological polar surface area (TPSA) is 109 Å². The van der Waals surface area contributed by atoms with Gasteiger partial charge < -0.3 is 9.80 Å². The number of nitrogens with one attached hydrogen (secondary N) is 1. The number of nitro groups is 1. The van der Waals surface area contributed by atoms with E-state index in [-0.39, 0.29) is 17.3 Å². The number of anilines is 2. The number of sulfonamides is 1. The average Bonchev–Trinajstić information content (AvgIpc) is 2.83. The lowest BCUT2D eigenvalue weighted by Gasteiger charge is -2.36. The van der Waals surface area contributed by atoms with Crippen molar-refractivity contribution in [2.24, 2.45) is 0 Å². The van der Waals surface area contributed by atoms with Crippen molar-refractivity contribution in [2.45, 2.75) is 18.4 Å². The molecule has 2 aromatic carbocycles. The van der Waals surface area contributed by atoms with Gasteiger partial charge >= 0.3 is 0 Å². The third kappa shape index (κ3) is 5.15. The molecule has 1 N–H and O–H groups in total. The number of aryl methyl sites for hydroxylation is 1. The van der Waals surface area contributed by atoms with Crippen LogP contribution in [-0.2, 0) is 16.6 Å². The van der Waals surface area contributed by atoms with Crippen LogP contribution in [-0.4, -0.2) is 44.5 Å². The van der Waals surface area contributed by atoms with Gasteiger partial charge in [-0.15, -0.1) is 0 Å². The Morgan fingerprint density at radius 3 is 2.41 bits per heavy atom. The van der Waals surface area contributed by atoms with Gasteiger partial charge in [-0.05, 0) is 54.4 Å². The van der Waals surface area contributed by atoms with E-state index in [2.05, 4.69) is 19.5 Å². The fraction of sp³-hybridized carbons (Fsp3) is 0.261. The Hall–Kier alpha value is -3.57. The number of piperazine rings is 1. The van der Waals surface area contributed by atoms with E-state index < -0.39 is 20.6 Å². The molecule has 1 saturated heterocycles. The van der Waals surface area contributed by atoms with E-state index >= 15 is 0 Å². The maximum atomic E-state index is 13.2. The number of benzene rings is 2. The predicted octanol–water partition coefficient (Wildman–Crippen LogP) is 3.24. The molecule has 34 heavy (non-hydrogen) atoms. The molecule has 2 heterocycles. The lowest BCUT2D eigenvalue weighted by Crippen LogP contribution is -2.46. The summed E-state index contributed by atoms with van der Waals surface area (Å²) in [6, 6.07) is 14.1. The van der Waals surface area contributed by atoms with E-state index in [1.807, 2.05) is 6.07 Å². The van der Waals surface area contributed by atoms with Gasteiger partial charge in [-0.1, -0.05) is 12.1 Å². The third-order valence-corrected chi connectivity index (χ3v) is 7.32. The quantitative estimate of drug-likeness (QED) is 0.404. The lowest BCUT2D eigenvalue weighted by atomic mass is 10.2. The van der Waals surface area contributed by atoms with Gasteiger partial charge in [0.15, 0.2) is 4.90 Å². The van der Waals surface area contributed by atoms with Crippen LogP contribution in [0.4, 0.5) is 21.6 Å². The molecule has 1 aliphatic rings. The van der Waals surface area contributed by atoms with Crippen molar-refractivity contribution in [1.29, 1.82) is 0 Å². The molecular formula is C23H24FN5O4S. The highest BCUT2D eigenvalue weighted by molar-refractivity contribution is 7.89. The van der Waals surface area contributed by atoms with E-state index in [1.54, 1.807) is 24.4 Å². The van der Waals surface area contributed by atoms with Crippen molar-refractivity contribution in [3.63, 3.8) is 0 Å². The van der Waals surface area contributed by atoms with Gasteiger partial charge in [0.25, 0.3) is 5.69 Å². The average molecular weight is 486 g/mol. The molecule has 0 bridgehead atoms. The summed E-state index contributed by atoms with van der Waals surface area (Å²) in [5, 5.41) is 11.3. The summed E-state index contributed by atoms with van der Waals surface area (Å²) in [6.07, 6.45) is 1.61. The van der Waals surface area contributed by atoms with E-state index in [0.29, 0.717) is 24.2 Å². The standard InChI is InChI=1S/C23H24FN5O4S/c1-17-3-2-4-21(29(30)31)23(17)34(32,33)26-16-18-9-10-25-22(15-18)28-13-11-27(12-14-28)20-7-5-19(24)6-8-20/h2-10,15,26H,11-14,16H2,1H3. The SMILES string of the molecule is Cc1cccc([N+](=O)[O-])c1S(=O)(=O)NCc1ccnc(N2CCN(c3ccc(F)cc3)CC2)c1. The van der Waals surface area contributed by atoms with Crippen molar-refractivity contribution in [3.8, 4) is 0 Å². The molecule has 0 radical (unpaired) electrons. The molecule has 1 aromatic heterocycles. The van der Waals surface area contributed by atoms with E-state index in [0.717, 1.165) is 24.6 Å². The Balaban J connectivity index is 1.43. The summed E-state index contributed by atoms with van der Waals surface area (Å²) in [4.78, 5) is 19.0. The van der Waals surface area contributed by atoms with Crippen molar-refractivity contribution in [1.82, 2.24) is 9.71 Å². The summed E-state index contributed by atoms with van der Waals surface area (Å²) in [5.74, 6) is 0.452. The summed E-state index contributed by atoms with van der Waals surface area (Å²) in [5.41, 5.74) is 1.49. The van der Waals surface area contributed by atoms with E-state index in [9.17, 15) is 22.9 Å². The van der Waals surface area contributed by atoms with Crippen LogP contribution in [0.15, 0.2) is 65.7 Å². The highest BCUT2D eigenvalue weighted by atomic mass is 32.2.